The monoisotopic (exact) mass is 473 g/mol. The summed E-state index contributed by atoms with van der Waals surface area (Å²) in [6, 6.07) is 14.6. The number of nitrogens with zero attached hydrogens (tertiary/aromatic N) is 3. The van der Waals surface area contributed by atoms with E-state index in [4.69, 9.17) is 11.5 Å². The lowest BCUT2D eigenvalue weighted by Crippen LogP contribution is -2.38. The van der Waals surface area contributed by atoms with E-state index in [1.807, 2.05) is 27.8 Å². The predicted octanol–water partition coefficient (Wildman–Crippen LogP) is 5.16. The number of nitrogens with two attached hydrogens (primary N) is 2. The van der Waals surface area contributed by atoms with Crippen molar-refractivity contribution in [2.45, 2.75) is 19.3 Å². The zero-order chi connectivity index (χ0) is 22.9. The first-order valence-electron chi connectivity index (χ1n) is 10.8. The standard InChI is InChI=1S/C25H23N5OS2/c26-13-18-19(17-8-11-32-14-17)20-21(27)22(33-24(20)29-23(18)28)25(31)30-9-6-16(7-10-30)12-15-4-2-1-3-5-15/h1-5,8,11,14,16H,6-7,9-10,12,27H2,(H2,28,29). The minimum absolute atomic E-state index is 0.0676. The fraction of sp³-hybridized carbons (Fsp3) is 0.240. The maximum Gasteiger partial charge on any atom is 0.266 e. The lowest BCUT2D eigenvalue weighted by Gasteiger charge is -2.32. The van der Waals surface area contributed by atoms with Gasteiger partial charge >= 0.3 is 0 Å². The van der Waals surface area contributed by atoms with E-state index < -0.39 is 0 Å². The van der Waals surface area contributed by atoms with Crippen LogP contribution in [0.2, 0.25) is 0 Å². The summed E-state index contributed by atoms with van der Waals surface area (Å²) in [4.78, 5) is 20.8. The number of benzene rings is 1. The average Bonchev–Trinajstić information content (AvgIpc) is 3.47. The SMILES string of the molecule is N#Cc1c(N)nc2sc(C(=O)N3CCC(Cc4ccccc4)CC3)c(N)c2c1-c1ccsc1. The highest BCUT2D eigenvalue weighted by Crippen LogP contribution is 2.43. The van der Waals surface area contributed by atoms with Crippen molar-refractivity contribution in [2.75, 3.05) is 24.6 Å². The van der Waals surface area contributed by atoms with Gasteiger partial charge in [0.2, 0.25) is 0 Å². The number of hydrogen-bond donors (Lipinski definition) is 2. The number of aromatic nitrogens is 1. The molecule has 1 aromatic carbocycles. The second-order valence-electron chi connectivity index (χ2n) is 8.32. The number of nitriles is 1. The summed E-state index contributed by atoms with van der Waals surface area (Å²) in [7, 11) is 0. The number of rotatable bonds is 4. The van der Waals surface area contributed by atoms with Crippen LogP contribution in [0.15, 0.2) is 47.2 Å². The summed E-state index contributed by atoms with van der Waals surface area (Å²) in [5.41, 5.74) is 16.2. The van der Waals surface area contributed by atoms with Gasteiger partial charge in [0.05, 0.1) is 5.69 Å². The van der Waals surface area contributed by atoms with E-state index >= 15 is 0 Å². The number of nitrogen functional groups attached to an aromatic ring is 2. The first-order valence-corrected chi connectivity index (χ1v) is 12.6. The van der Waals surface area contributed by atoms with Gasteiger partial charge in [0.25, 0.3) is 5.91 Å². The van der Waals surface area contributed by atoms with Gasteiger partial charge in [-0.3, -0.25) is 4.79 Å². The Bertz CT molecular complexity index is 1350. The maximum absolute atomic E-state index is 13.4. The minimum atomic E-state index is -0.0676. The van der Waals surface area contributed by atoms with E-state index in [0.29, 0.717) is 50.9 Å². The fourth-order valence-electron chi connectivity index (χ4n) is 4.57. The molecule has 1 amide bonds. The quantitative estimate of drug-likeness (QED) is 0.426. The topological polar surface area (TPSA) is 109 Å². The van der Waals surface area contributed by atoms with Crippen LogP contribution < -0.4 is 11.5 Å². The van der Waals surface area contributed by atoms with Gasteiger partial charge in [-0.05, 0) is 53.1 Å². The molecule has 0 atom stereocenters. The van der Waals surface area contributed by atoms with Crippen molar-refractivity contribution in [2.24, 2.45) is 5.92 Å². The third kappa shape index (κ3) is 3.94. The molecule has 4 heterocycles. The number of thiophene rings is 2. The Balaban J connectivity index is 1.43. The van der Waals surface area contributed by atoms with Crippen LogP contribution in [0.5, 0.6) is 0 Å². The van der Waals surface area contributed by atoms with Gasteiger partial charge in [0.1, 0.15) is 27.2 Å². The van der Waals surface area contributed by atoms with Crippen LogP contribution in [0.3, 0.4) is 0 Å². The molecule has 1 aliphatic rings. The summed E-state index contributed by atoms with van der Waals surface area (Å²) in [6.07, 6.45) is 2.97. The highest BCUT2D eigenvalue weighted by atomic mass is 32.1. The van der Waals surface area contributed by atoms with Gasteiger partial charge in [-0.2, -0.15) is 16.6 Å². The fourth-order valence-corrected chi connectivity index (χ4v) is 6.30. The number of likely N-dealkylation sites (tertiary alicyclic amines) is 1. The Morgan fingerprint density at radius 1 is 1.18 bits per heavy atom. The summed E-state index contributed by atoms with van der Waals surface area (Å²) in [6.45, 7) is 1.42. The molecule has 3 aromatic heterocycles. The number of pyridine rings is 1. The molecule has 1 fully saturated rings. The molecule has 4 aromatic rings. The second-order valence-corrected chi connectivity index (χ2v) is 10.1. The molecule has 0 bridgehead atoms. The van der Waals surface area contributed by atoms with Crippen LogP contribution in [0, 0.1) is 17.2 Å². The van der Waals surface area contributed by atoms with E-state index in [9.17, 15) is 10.1 Å². The number of hydrogen-bond acceptors (Lipinski definition) is 7. The smallest absolute Gasteiger partial charge is 0.266 e. The third-order valence-corrected chi connectivity index (χ3v) is 8.06. The Morgan fingerprint density at radius 3 is 2.61 bits per heavy atom. The van der Waals surface area contributed by atoms with E-state index in [0.717, 1.165) is 24.8 Å². The first kappa shape index (κ1) is 21.4. The minimum Gasteiger partial charge on any atom is -0.397 e. The highest BCUT2D eigenvalue weighted by Gasteiger charge is 2.29. The summed E-state index contributed by atoms with van der Waals surface area (Å²) < 4.78 is 0. The molecule has 1 saturated heterocycles. The Hall–Kier alpha value is -3.41. The Labute approximate surface area is 200 Å². The van der Waals surface area contributed by atoms with Crippen molar-refractivity contribution in [3.8, 4) is 17.2 Å². The second kappa shape index (κ2) is 8.85. The highest BCUT2D eigenvalue weighted by molar-refractivity contribution is 7.21. The number of piperidine rings is 1. The third-order valence-electron chi connectivity index (χ3n) is 6.29. The summed E-state index contributed by atoms with van der Waals surface area (Å²) in [5, 5.41) is 14.3. The zero-order valence-electron chi connectivity index (χ0n) is 18.0. The number of fused-ring (bicyclic) bond motifs is 1. The van der Waals surface area contributed by atoms with Crippen molar-refractivity contribution < 1.29 is 4.79 Å². The van der Waals surface area contributed by atoms with Crippen molar-refractivity contribution in [1.29, 1.82) is 5.26 Å². The van der Waals surface area contributed by atoms with Gasteiger partial charge in [-0.1, -0.05) is 30.3 Å². The van der Waals surface area contributed by atoms with Gasteiger partial charge in [0.15, 0.2) is 0 Å². The van der Waals surface area contributed by atoms with Crippen molar-refractivity contribution in [3.05, 3.63) is 63.2 Å². The molecule has 0 aliphatic carbocycles. The first-order chi connectivity index (χ1) is 16.1. The van der Waals surface area contributed by atoms with E-state index in [-0.39, 0.29) is 11.7 Å². The number of carbonyl (C=O) groups is 1. The van der Waals surface area contributed by atoms with Gasteiger partial charge < -0.3 is 16.4 Å². The van der Waals surface area contributed by atoms with Gasteiger partial charge in [0, 0.05) is 24.0 Å². The molecular formula is C25H23N5OS2. The zero-order valence-corrected chi connectivity index (χ0v) is 19.6. The molecule has 5 rings (SSSR count). The van der Waals surface area contributed by atoms with E-state index in [1.165, 1.54) is 28.2 Å². The molecule has 0 radical (unpaired) electrons. The van der Waals surface area contributed by atoms with Crippen LogP contribution in [0.4, 0.5) is 11.5 Å². The van der Waals surface area contributed by atoms with Gasteiger partial charge in [-0.25, -0.2) is 4.98 Å². The molecule has 166 valence electrons. The van der Waals surface area contributed by atoms with Crippen molar-refractivity contribution >= 4 is 50.3 Å². The van der Waals surface area contributed by atoms with Crippen LogP contribution in [0.25, 0.3) is 21.3 Å². The number of anilines is 2. The molecule has 6 nitrogen and oxygen atoms in total. The van der Waals surface area contributed by atoms with Crippen LogP contribution in [0.1, 0.15) is 33.6 Å². The van der Waals surface area contributed by atoms with Crippen LogP contribution >= 0.6 is 22.7 Å². The van der Waals surface area contributed by atoms with E-state index in [2.05, 4.69) is 35.3 Å². The Kier molecular flexibility index (Phi) is 5.75. The molecule has 1 aliphatic heterocycles. The van der Waals surface area contributed by atoms with E-state index in [1.54, 1.807) is 0 Å². The Morgan fingerprint density at radius 2 is 1.94 bits per heavy atom. The lowest BCUT2D eigenvalue weighted by atomic mass is 9.90. The molecular weight excluding hydrogens is 450 g/mol. The molecule has 4 N–H and O–H groups in total. The number of carbonyl (C=O) groups excluding carboxylic acids is 1. The largest absolute Gasteiger partial charge is 0.397 e. The molecule has 33 heavy (non-hydrogen) atoms. The molecule has 0 spiro atoms. The van der Waals surface area contributed by atoms with Crippen molar-refractivity contribution in [1.82, 2.24) is 9.88 Å². The van der Waals surface area contributed by atoms with Gasteiger partial charge in [-0.15, -0.1) is 11.3 Å². The molecule has 0 unspecified atom stereocenters. The predicted molar refractivity (Wildman–Crippen MR) is 135 cm³/mol. The summed E-state index contributed by atoms with van der Waals surface area (Å²) in [5.74, 6) is 0.663. The summed E-state index contributed by atoms with van der Waals surface area (Å²) >= 11 is 2.79. The molecule has 8 heteroatoms. The maximum atomic E-state index is 13.4. The average molecular weight is 474 g/mol. The lowest BCUT2D eigenvalue weighted by molar-refractivity contribution is 0.0696. The molecule has 0 saturated carbocycles. The van der Waals surface area contributed by atoms with Crippen LogP contribution in [-0.2, 0) is 6.42 Å². The van der Waals surface area contributed by atoms with Crippen molar-refractivity contribution in [3.63, 3.8) is 0 Å². The van der Waals surface area contributed by atoms with Crippen LogP contribution in [-0.4, -0.2) is 28.9 Å². The normalized spacial score (nSPS) is 14.5. The number of amides is 1.